The second-order valence-corrected chi connectivity index (χ2v) is 4.60. The van der Waals surface area contributed by atoms with Crippen LogP contribution >= 0.6 is 11.6 Å². The summed E-state index contributed by atoms with van der Waals surface area (Å²) in [5.74, 6) is -0.103. The van der Waals surface area contributed by atoms with Gasteiger partial charge in [-0.05, 0) is 30.7 Å². The molecule has 0 aliphatic heterocycles. The van der Waals surface area contributed by atoms with E-state index in [1.807, 2.05) is 49.4 Å². The third kappa shape index (κ3) is 3.73. The topological polar surface area (TPSA) is 41.1 Å². The molecule has 0 aliphatic rings. The van der Waals surface area contributed by atoms with Gasteiger partial charge in [-0.2, -0.15) is 0 Å². The third-order valence-corrected chi connectivity index (χ3v) is 3.06. The minimum absolute atomic E-state index is 0.103. The molecule has 2 aromatic carbocycles. The number of para-hydroxylation sites is 2. The molecule has 0 fully saturated rings. The quantitative estimate of drug-likeness (QED) is 0.893. The number of amides is 1. The van der Waals surface area contributed by atoms with Crippen molar-refractivity contribution in [3.8, 4) is 0 Å². The van der Waals surface area contributed by atoms with Crippen molar-refractivity contribution in [2.45, 2.75) is 6.92 Å². The Morgan fingerprint density at radius 2 is 1.68 bits per heavy atom. The van der Waals surface area contributed by atoms with Crippen molar-refractivity contribution in [3.05, 3.63) is 59.1 Å². The molecule has 0 unspecified atom stereocenters. The molecule has 0 radical (unpaired) electrons. The van der Waals surface area contributed by atoms with Gasteiger partial charge in [0.05, 0.1) is 17.3 Å². The molecule has 0 heterocycles. The maximum Gasteiger partial charge on any atom is 0.243 e. The van der Waals surface area contributed by atoms with Gasteiger partial charge in [-0.3, -0.25) is 4.79 Å². The van der Waals surface area contributed by atoms with Crippen LogP contribution in [0.3, 0.4) is 0 Å². The lowest BCUT2D eigenvalue weighted by molar-refractivity contribution is -0.114. The van der Waals surface area contributed by atoms with Crippen LogP contribution in [0.25, 0.3) is 0 Å². The van der Waals surface area contributed by atoms with Crippen LogP contribution in [0.4, 0.5) is 11.4 Å². The molecule has 2 rings (SSSR count). The average molecular weight is 275 g/mol. The standard InChI is InChI=1S/C15H15ClN2O/c1-11-6-2-4-8-13(11)18-15(19)10-17-14-9-5-3-7-12(14)16/h2-9,17H,10H2,1H3,(H,18,19). The smallest absolute Gasteiger partial charge is 0.243 e. The van der Waals surface area contributed by atoms with Gasteiger partial charge in [0.1, 0.15) is 0 Å². The van der Waals surface area contributed by atoms with Gasteiger partial charge in [0.25, 0.3) is 0 Å². The average Bonchev–Trinajstić information content (AvgIpc) is 2.40. The summed E-state index contributed by atoms with van der Waals surface area (Å²) in [7, 11) is 0. The van der Waals surface area contributed by atoms with E-state index in [1.165, 1.54) is 0 Å². The van der Waals surface area contributed by atoms with E-state index in [0.717, 1.165) is 16.9 Å². The summed E-state index contributed by atoms with van der Waals surface area (Å²) in [6, 6.07) is 15.0. The number of benzene rings is 2. The SMILES string of the molecule is Cc1ccccc1NC(=O)CNc1ccccc1Cl. The van der Waals surface area contributed by atoms with Crippen LogP contribution in [0.2, 0.25) is 5.02 Å². The van der Waals surface area contributed by atoms with Crippen molar-refractivity contribution < 1.29 is 4.79 Å². The summed E-state index contributed by atoms with van der Waals surface area (Å²) >= 11 is 6.00. The van der Waals surface area contributed by atoms with E-state index in [1.54, 1.807) is 6.07 Å². The zero-order chi connectivity index (χ0) is 13.7. The molecule has 2 N–H and O–H groups in total. The molecule has 0 bridgehead atoms. The number of aryl methyl sites for hydroxylation is 1. The van der Waals surface area contributed by atoms with Gasteiger partial charge in [-0.25, -0.2) is 0 Å². The van der Waals surface area contributed by atoms with E-state index in [9.17, 15) is 4.79 Å². The molecular weight excluding hydrogens is 260 g/mol. The van der Waals surface area contributed by atoms with Crippen molar-refractivity contribution in [1.29, 1.82) is 0 Å². The Labute approximate surface area is 117 Å². The first-order valence-electron chi connectivity index (χ1n) is 6.00. The zero-order valence-corrected chi connectivity index (χ0v) is 11.4. The van der Waals surface area contributed by atoms with Gasteiger partial charge in [0, 0.05) is 5.69 Å². The number of nitrogens with one attached hydrogen (secondary N) is 2. The summed E-state index contributed by atoms with van der Waals surface area (Å²) in [6.07, 6.45) is 0. The molecule has 4 heteroatoms. The van der Waals surface area contributed by atoms with Crippen molar-refractivity contribution in [3.63, 3.8) is 0 Å². The van der Waals surface area contributed by atoms with Gasteiger partial charge in [-0.15, -0.1) is 0 Å². The van der Waals surface area contributed by atoms with Crippen LogP contribution in [0.1, 0.15) is 5.56 Å². The fourth-order valence-electron chi connectivity index (χ4n) is 1.69. The molecule has 0 saturated heterocycles. The molecule has 0 aliphatic carbocycles. The Hall–Kier alpha value is -2.00. The summed E-state index contributed by atoms with van der Waals surface area (Å²) < 4.78 is 0. The van der Waals surface area contributed by atoms with E-state index >= 15 is 0 Å². The Kier molecular flexibility index (Phi) is 4.42. The number of carbonyl (C=O) groups is 1. The number of hydrogen-bond acceptors (Lipinski definition) is 2. The molecule has 19 heavy (non-hydrogen) atoms. The second-order valence-electron chi connectivity index (χ2n) is 4.20. The highest BCUT2D eigenvalue weighted by Gasteiger charge is 2.05. The molecule has 3 nitrogen and oxygen atoms in total. The minimum Gasteiger partial charge on any atom is -0.375 e. The van der Waals surface area contributed by atoms with Gasteiger partial charge in [0.2, 0.25) is 5.91 Å². The largest absolute Gasteiger partial charge is 0.375 e. The monoisotopic (exact) mass is 274 g/mol. The Bertz CT molecular complexity index is 584. The fraction of sp³-hybridized carbons (Fsp3) is 0.133. The lowest BCUT2D eigenvalue weighted by Gasteiger charge is -2.10. The Morgan fingerprint density at radius 3 is 2.37 bits per heavy atom. The Morgan fingerprint density at radius 1 is 1.05 bits per heavy atom. The molecule has 0 aromatic heterocycles. The first-order valence-corrected chi connectivity index (χ1v) is 6.38. The van der Waals surface area contributed by atoms with Crippen LogP contribution < -0.4 is 10.6 Å². The normalized spacial score (nSPS) is 10.0. The maximum absolute atomic E-state index is 11.8. The summed E-state index contributed by atoms with van der Waals surface area (Å²) in [5.41, 5.74) is 2.62. The second kappa shape index (κ2) is 6.25. The molecule has 2 aromatic rings. The van der Waals surface area contributed by atoms with E-state index in [0.29, 0.717) is 5.02 Å². The highest BCUT2D eigenvalue weighted by atomic mass is 35.5. The molecule has 0 atom stereocenters. The van der Waals surface area contributed by atoms with Gasteiger partial charge < -0.3 is 10.6 Å². The van der Waals surface area contributed by atoms with Gasteiger partial charge >= 0.3 is 0 Å². The molecule has 1 amide bonds. The maximum atomic E-state index is 11.8. The highest BCUT2D eigenvalue weighted by Crippen LogP contribution is 2.20. The molecule has 0 saturated carbocycles. The van der Waals surface area contributed by atoms with E-state index in [4.69, 9.17) is 11.6 Å². The fourth-order valence-corrected chi connectivity index (χ4v) is 1.89. The predicted molar refractivity (Wildman–Crippen MR) is 79.8 cm³/mol. The Balaban J connectivity index is 1.92. The van der Waals surface area contributed by atoms with Crippen molar-refractivity contribution in [2.24, 2.45) is 0 Å². The van der Waals surface area contributed by atoms with Crippen LogP contribution in [-0.4, -0.2) is 12.5 Å². The van der Waals surface area contributed by atoms with Crippen LogP contribution in [0.5, 0.6) is 0 Å². The predicted octanol–water partition coefficient (Wildman–Crippen LogP) is 3.70. The van der Waals surface area contributed by atoms with E-state index < -0.39 is 0 Å². The van der Waals surface area contributed by atoms with E-state index in [-0.39, 0.29) is 12.5 Å². The van der Waals surface area contributed by atoms with Crippen molar-refractivity contribution in [1.82, 2.24) is 0 Å². The third-order valence-electron chi connectivity index (χ3n) is 2.73. The number of hydrogen-bond donors (Lipinski definition) is 2. The van der Waals surface area contributed by atoms with E-state index in [2.05, 4.69) is 10.6 Å². The lowest BCUT2D eigenvalue weighted by Crippen LogP contribution is -2.22. The number of halogens is 1. The summed E-state index contributed by atoms with van der Waals surface area (Å²) in [4.78, 5) is 11.8. The van der Waals surface area contributed by atoms with Crippen LogP contribution in [0.15, 0.2) is 48.5 Å². The molecule has 0 spiro atoms. The van der Waals surface area contributed by atoms with Crippen LogP contribution in [-0.2, 0) is 4.79 Å². The number of rotatable bonds is 4. The summed E-state index contributed by atoms with van der Waals surface area (Å²) in [5, 5.41) is 6.47. The van der Waals surface area contributed by atoms with Crippen molar-refractivity contribution >= 4 is 28.9 Å². The van der Waals surface area contributed by atoms with Crippen LogP contribution in [0, 0.1) is 6.92 Å². The first-order chi connectivity index (χ1) is 9.16. The lowest BCUT2D eigenvalue weighted by atomic mass is 10.2. The van der Waals surface area contributed by atoms with Gasteiger partial charge in [-0.1, -0.05) is 41.9 Å². The molecular formula is C15H15ClN2O. The van der Waals surface area contributed by atoms with Gasteiger partial charge in [0.15, 0.2) is 0 Å². The van der Waals surface area contributed by atoms with Crippen molar-refractivity contribution in [2.75, 3.05) is 17.2 Å². The number of carbonyl (C=O) groups excluding carboxylic acids is 1. The molecule has 98 valence electrons. The highest BCUT2D eigenvalue weighted by molar-refractivity contribution is 6.33. The zero-order valence-electron chi connectivity index (χ0n) is 10.6. The summed E-state index contributed by atoms with van der Waals surface area (Å²) in [6.45, 7) is 2.13. The number of anilines is 2. The minimum atomic E-state index is -0.103. The first kappa shape index (κ1) is 13.4.